The summed E-state index contributed by atoms with van der Waals surface area (Å²) in [5.41, 5.74) is 0. The van der Waals surface area contributed by atoms with Crippen molar-refractivity contribution in [3.8, 4) is 0 Å². The molecule has 0 N–H and O–H groups in total. The van der Waals surface area contributed by atoms with E-state index in [1.807, 2.05) is 0 Å². The van der Waals surface area contributed by atoms with Crippen molar-refractivity contribution in [3.05, 3.63) is 0 Å². The summed E-state index contributed by atoms with van der Waals surface area (Å²) < 4.78 is 0. The zero-order valence-corrected chi connectivity index (χ0v) is 13.9. The molecule has 1 rings (SSSR count). The fourth-order valence-corrected chi connectivity index (χ4v) is 2.70. The molecule has 114 valence electrons. The summed E-state index contributed by atoms with van der Waals surface area (Å²) >= 11 is 4.45. The number of likely N-dealkylation sites (N-methyl/N-ethyl adjacent to an activating group) is 3. The van der Waals surface area contributed by atoms with E-state index in [9.17, 15) is 0 Å². The lowest BCUT2D eigenvalue weighted by molar-refractivity contribution is 0.203. The van der Waals surface area contributed by atoms with Gasteiger partial charge in [0.2, 0.25) is 0 Å². The minimum atomic E-state index is 0.875. The Morgan fingerprint density at radius 2 is 1.05 bits per heavy atom. The van der Waals surface area contributed by atoms with Crippen LogP contribution in [0.2, 0.25) is 0 Å². The fraction of sp³-hybridized carbons (Fsp3) is 1.00. The Bertz CT molecular complexity index is 227. The van der Waals surface area contributed by atoms with Crippen molar-refractivity contribution in [2.75, 3.05) is 79.4 Å². The second kappa shape index (κ2) is 10.00. The van der Waals surface area contributed by atoms with Crippen LogP contribution in [0.15, 0.2) is 0 Å². The van der Waals surface area contributed by atoms with Crippen LogP contribution < -0.4 is 0 Å². The van der Waals surface area contributed by atoms with Crippen LogP contribution in [0, 0.1) is 0 Å². The van der Waals surface area contributed by atoms with Crippen LogP contribution in [-0.4, -0.2) is 99.0 Å². The van der Waals surface area contributed by atoms with E-state index in [2.05, 4.69) is 53.4 Å². The maximum Gasteiger partial charge on any atom is 0.0414 e. The molecule has 19 heavy (non-hydrogen) atoms. The predicted octanol–water partition coefficient (Wildman–Crippen LogP) is 0.765. The summed E-state index contributed by atoms with van der Waals surface area (Å²) in [6.07, 6.45) is 2.50. The highest BCUT2D eigenvalue weighted by atomic mass is 32.1. The van der Waals surface area contributed by atoms with Gasteiger partial charge in [-0.25, -0.2) is 0 Å². The van der Waals surface area contributed by atoms with Crippen molar-refractivity contribution >= 4 is 12.6 Å². The molecular weight excluding hydrogens is 256 g/mol. The first kappa shape index (κ1) is 17.2. The maximum atomic E-state index is 4.45. The van der Waals surface area contributed by atoms with Crippen molar-refractivity contribution in [3.63, 3.8) is 0 Å². The molecule has 0 aromatic heterocycles. The molecule has 1 saturated heterocycles. The Morgan fingerprint density at radius 3 is 1.53 bits per heavy atom. The molecule has 1 heterocycles. The highest BCUT2D eigenvalue weighted by Gasteiger charge is 2.08. The van der Waals surface area contributed by atoms with Crippen molar-refractivity contribution < 1.29 is 0 Å². The molecular formula is C14H32N4S. The standard InChI is InChI=1S/C14H32N4S/c1-15-6-4-7-17(3)12-13-18(14-19)9-5-8-16(2)11-10-15/h19H,4-14H2,1-3H3. The van der Waals surface area contributed by atoms with Crippen LogP contribution >= 0.6 is 12.6 Å². The minimum absolute atomic E-state index is 0.875. The van der Waals surface area contributed by atoms with Crippen LogP contribution in [0.1, 0.15) is 12.8 Å². The molecule has 5 heteroatoms. The highest BCUT2D eigenvalue weighted by molar-refractivity contribution is 7.80. The van der Waals surface area contributed by atoms with Gasteiger partial charge in [0.25, 0.3) is 0 Å². The fourth-order valence-electron chi connectivity index (χ4n) is 2.42. The maximum absolute atomic E-state index is 4.45. The van der Waals surface area contributed by atoms with Gasteiger partial charge in [-0.15, -0.1) is 0 Å². The normalized spacial score (nSPS) is 25.3. The molecule has 1 fully saturated rings. The van der Waals surface area contributed by atoms with E-state index >= 15 is 0 Å². The Kier molecular flexibility index (Phi) is 9.07. The summed E-state index contributed by atoms with van der Waals surface area (Å²) in [6.45, 7) is 9.39. The number of thiol groups is 1. The van der Waals surface area contributed by atoms with Crippen molar-refractivity contribution in [1.82, 2.24) is 19.6 Å². The largest absolute Gasteiger partial charge is 0.305 e. The monoisotopic (exact) mass is 288 g/mol. The Balaban J connectivity index is 2.41. The average Bonchev–Trinajstić information content (AvgIpc) is 2.39. The second-order valence-corrected chi connectivity index (χ2v) is 6.16. The summed E-state index contributed by atoms with van der Waals surface area (Å²) in [5, 5.41) is 0. The van der Waals surface area contributed by atoms with E-state index in [1.165, 1.54) is 45.6 Å². The van der Waals surface area contributed by atoms with Crippen LogP contribution in [0.5, 0.6) is 0 Å². The van der Waals surface area contributed by atoms with Gasteiger partial charge in [-0.2, -0.15) is 12.6 Å². The van der Waals surface area contributed by atoms with Gasteiger partial charge in [0, 0.05) is 38.6 Å². The predicted molar refractivity (Wildman–Crippen MR) is 87.2 cm³/mol. The van der Waals surface area contributed by atoms with E-state index in [0.717, 1.165) is 25.5 Å². The molecule has 0 unspecified atom stereocenters. The third kappa shape index (κ3) is 8.15. The van der Waals surface area contributed by atoms with E-state index in [-0.39, 0.29) is 0 Å². The quantitative estimate of drug-likeness (QED) is 0.715. The molecule has 1 aliphatic heterocycles. The van der Waals surface area contributed by atoms with Crippen LogP contribution in [0.25, 0.3) is 0 Å². The van der Waals surface area contributed by atoms with E-state index in [1.54, 1.807) is 0 Å². The van der Waals surface area contributed by atoms with Gasteiger partial charge < -0.3 is 14.7 Å². The van der Waals surface area contributed by atoms with Gasteiger partial charge in [0.05, 0.1) is 0 Å². The van der Waals surface area contributed by atoms with E-state index < -0.39 is 0 Å². The van der Waals surface area contributed by atoms with Crippen LogP contribution in [0.4, 0.5) is 0 Å². The molecule has 0 bridgehead atoms. The zero-order chi connectivity index (χ0) is 14.1. The van der Waals surface area contributed by atoms with Gasteiger partial charge in [-0.1, -0.05) is 0 Å². The number of rotatable bonds is 1. The molecule has 0 radical (unpaired) electrons. The average molecular weight is 289 g/mol. The van der Waals surface area contributed by atoms with Crippen molar-refractivity contribution in [2.24, 2.45) is 0 Å². The third-order valence-corrected chi connectivity index (χ3v) is 4.36. The minimum Gasteiger partial charge on any atom is -0.305 e. The Morgan fingerprint density at radius 1 is 0.632 bits per heavy atom. The first-order valence-corrected chi connectivity index (χ1v) is 8.14. The lowest BCUT2D eigenvalue weighted by atomic mass is 10.3. The summed E-state index contributed by atoms with van der Waals surface area (Å²) in [6, 6.07) is 0. The Labute approximate surface area is 125 Å². The van der Waals surface area contributed by atoms with Crippen LogP contribution in [-0.2, 0) is 0 Å². The molecule has 0 saturated carbocycles. The Hall–Kier alpha value is 0.190. The second-order valence-electron chi connectivity index (χ2n) is 5.88. The molecule has 0 atom stereocenters. The summed E-state index contributed by atoms with van der Waals surface area (Å²) in [4.78, 5) is 9.80. The van der Waals surface area contributed by atoms with Crippen molar-refractivity contribution in [2.45, 2.75) is 12.8 Å². The molecule has 0 aliphatic carbocycles. The zero-order valence-electron chi connectivity index (χ0n) is 13.0. The lowest BCUT2D eigenvalue weighted by Crippen LogP contribution is -2.38. The highest BCUT2D eigenvalue weighted by Crippen LogP contribution is 1.99. The van der Waals surface area contributed by atoms with Gasteiger partial charge in [-0.3, -0.25) is 4.90 Å². The smallest absolute Gasteiger partial charge is 0.0414 e. The molecule has 0 aromatic carbocycles. The van der Waals surface area contributed by atoms with Gasteiger partial charge in [0.15, 0.2) is 0 Å². The summed E-state index contributed by atoms with van der Waals surface area (Å²) in [7, 11) is 6.71. The summed E-state index contributed by atoms with van der Waals surface area (Å²) in [5.74, 6) is 0.875. The number of nitrogens with zero attached hydrogens (tertiary/aromatic N) is 4. The molecule has 0 aromatic rings. The lowest BCUT2D eigenvalue weighted by Gasteiger charge is -2.27. The topological polar surface area (TPSA) is 13.0 Å². The SMILES string of the molecule is CN1CCCN(C)CCN(CS)CCCN(C)CC1. The molecule has 0 spiro atoms. The third-order valence-electron chi connectivity index (χ3n) is 3.96. The molecule has 0 amide bonds. The van der Waals surface area contributed by atoms with Gasteiger partial charge >= 0.3 is 0 Å². The number of hydrogen-bond acceptors (Lipinski definition) is 5. The first-order valence-electron chi connectivity index (χ1n) is 7.50. The van der Waals surface area contributed by atoms with E-state index in [4.69, 9.17) is 0 Å². The van der Waals surface area contributed by atoms with Crippen LogP contribution in [0.3, 0.4) is 0 Å². The van der Waals surface area contributed by atoms with E-state index in [0.29, 0.717) is 0 Å². The van der Waals surface area contributed by atoms with Crippen molar-refractivity contribution in [1.29, 1.82) is 0 Å². The first-order chi connectivity index (χ1) is 9.11. The van der Waals surface area contributed by atoms with Gasteiger partial charge in [0.1, 0.15) is 0 Å². The molecule has 4 nitrogen and oxygen atoms in total. The van der Waals surface area contributed by atoms with Gasteiger partial charge in [-0.05, 0) is 53.6 Å². The molecule has 1 aliphatic rings. The number of hydrogen-bond donors (Lipinski definition) is 1.